The molecule has 0 bridgehead atoms. The van der Waals surface area contributed by atoms with Crippen molar-refractivity contribution >= 4 is 10.9 Å². The third-order valence-electron chi connectivity index (χ3n) is 5.84. The molecule has 1 aliphatic rings. The summed E-state index contributed by atoms with van der Waals surface area (Å²) in [5, 5.41) is 1.40. The lowest BCUT2D eigenvalue weighted by atomic mass is 9.96. The first-order valence-electron chi connectivity index (χ1n) is 9.61. The van der Waals surface area contributed by atoms with Crippen LogP contribution in [0, 0.1) is 12.7 Å². The predicted octanol–water partition coefficient (Wildman–Crippen LogP) is 5.91. The molecule has 144 valence electrons. The van der Waals surface area contributed by atoms with Gasteiger partial charge in [0.1, 0.15) is 5.82 Å². The summed E-state index contributed by atoms with van der Waals surface area (Å²) in [6, 6.07) is 13.9. The molecule has 2 nitrogen and oxygen atoms in total. The third-order valence-corrected chi connectivity index (χ3v) is 5.84. The van der Waals surface area contributed by atoms with E-state index in [0.29, 0.717) is 5.92 Å². The highest BCUT2D eigenvalue weighted by atomic mass is 19.1. The Kier molecular flexibility index (Phi) is 5.71. The molecule has 0 aliphatic carbocycles. The SMILES string of the molecule is C.CCC(Cn1c2c(c3cc(C)ccc31)CN(C)CC2)c1ccc(F)cc1. The van der Waals surface area contributed by atoms with Gasteiger partial charge in [0, 0.05) is 48.6 Å². The first-order chi connectivity index (χ1) is 12.6. The normalized spacial score (nSPS) is 15.4. The van der Waals surface area contributed by atoms with Crippen LogP contribution in [0.3, 0.4) is 0 Å². The van der Waals surface area contributed by atoms with Crippen molar-refractivity contribution in [1.82, 2.24) is 9.47 Å². The number of aromatic nitrogens is 1. The number of fused-ring (bicyclic) bond motifs is 3. The summed E-state index contributed by atoms with van der Waals surface area (Å²) in [6.07, 6.45) is 2.14. The fourth-order valence-electron chi connectivity index (χ4n) is 4.33. The molecule has 2 heterocycles. The van der Waals surface area contributed by atoms with Gasteiger partial charge in [-0.05, 0) is 55.8 Å². The molecule has 1 aliphatic heterocycles. The van der Waals surface area contributed by atoms with Gasteiger partial charge in [-0.1, -0.05) is 38.1 Å². The highest BCUT2D eigenvalue weighted by Crippen LogP contribution is 2.34. The molecular weight excluding hydrogens is 335 g/mol. The topological polar surface area (TPSA) is 8.17 Å². The van der Waals surface area contributed by atoms with Crippen molar-refractivity contribution in [1.29, 1.82) is 0 Å². The average molecular weight is 367 g/mol. The second-order valence-corrected chi connectivity index (χ2v) is 7.70. The summed E-state index contributed by atoms with van der Waals surface area (Å²) in [6.45, 7) is 7.49. The van der Waals surface area contributed by atoms with Crippen LogP contribution in [0.1, 0.15) is 49.1 Å². The molecule has 3 aromatic rings. The van der Waals surface area contributed by atoms with Crippen molar-refractivity contribution in [2.45, 2.75) is 53.1 Å². The second-order valence-electron chi connectivity index (χ2n) is 7.70. The Hall–Kier alpha value is -2.13. The lowest BCUT2D eigenvalue weighted by molar-refractivity contribution is 0.308. The number of aryl methyl sites for hydroxylation is 1. The van der Waals surface area contributed by atoms with Crippen LogP contribution in [-0.4, -0.2) is 23.1 Å². The molecule has 0 fully saturated rings. The van der Waals surface area contributed by atoms with E-state index in [0.717, 1.165) is 32.5 Å². The van der Waals surface area contributed by atoms with Gasteiger partial charge in [0.25, 0.3) is 0 Å². The van der Waals surface area contributed by atoms with E-state index in [1.165, 1.54) is 33.3 Å². The van der Waals surface area contributed by atoms with Gasteiger partial charge in [0.15, 0.2) is 0 Å². The van der Waals surface area contributed by atoms with E-state index in [2.05, 4.69) is 48.6 Å². The van der Waals surface area contributed by atoms with E-state index < -0.39 is 0 Å². The molecule has 0 spiro atoms. The summed E-state index contributed by atoms with van der Waals surface area (Å²) in [5.74, 6) is 0.238. The molecule has 0 N–H and O–H groups in total. The lowest BCUT2D eigenvalue weighted by Crippen LogP contribution is -2.27. The number of likely N-dealkylation sites (N-methyl/N-ethyl adjacent to an activating group) is 1. The van der Waals surface area contributed by atoms with E-state index >= 15 is 0 Å². The van der Waals surface area contributed by atoms with Crippen molar-refractivity contribution in [2.24, 2.45) is 0 Å². The van der Waals surface area contributed by atoms with Crippen LogP contribution in [0.5, 0.6) is 0 Å². The fraction of sp³-hybridized carbons (Fsp3) is 0.417. The number of nitrogens with zero attached hydrogens (tertiary/aromatic N) is 2. The predicted molar refractivity (Wildman–Crippen MR) is 113 cm³/mol. The summed E-state index contributed by atoms with van der Waals surface area (Å²) in [7, 11) is 2.20. The number of hydrogen-bond donors (Lipinski definition) is 0. The summed E-state index contributed by atoms with van der Waals surface area (Å²) in [5.41, 5.74) is 6.87. The van der Waals surface area contributed by atoms with Gasteiger partial charge in [0.05, 0.1) is 0 Å². The third kappa shape index (κ3) is 3.66. The molecule has 1 unspecified atom stereocenters. The van der Waals surface area contributed by atoms with Crippen LogP contribution in [0.25, 0.3) is 10.9 Å². The largest absolute Gasteiger partial charge is 0.344 e. The maximum absolute atomic E-state index is 13.3. The number of benzene rings is 2. The second kappa shape index (κ2) is 7.85. The molecule has 4 rings (SSSR count). The van der Waals surface area contributed by atoms with Crippen LogP contribution < -0.4 is 0 Å². The molecule has 27 heavy (non-hydrogen) atoms. The van der Waals surface area contributed by atoms with Crippen LogP contribution in [0.15, 0.2) is 42.5 Å². The van der Waals surface area contributed by atoms with Gasteiger partial charge < -0.3 is 9.47 Å². The number of halogens is 1. The Labute approximate surface area is 162 Å². The van der Waals surface area contributed by atoms with E-state index in [1.807, 2.05) is 12.1 Å². The Morgan fingerprint density at radius 2 is 1.85 bits per heavy atom. The maximum atomic E-state index is 13.3. The van der Waals surface area contributed by atoms with Crippen molar-refractivity contribution in [3.8, 4) is 0 Å². The van der Waals surface area contributed by atoms with Crippen LogP contribution >= 0.6 is 0 Å². The highest BCUT2D eigenvalue weighted by Gasteiger charge is 2.24. The molecule has 0 saturated carbocycles. The zero-order valence-corrected chi connectivity index (χ0v) is 15.9. The molecule has 0 amide bonds. The minimum Gasteiger partial charge on any atom is -0.344 e. The van der Waals surface area contributed by atoms with Crippen LogP contribution in [0.4, 0.5) is 4.39 Å². The standard InChI is InChI=1S/C23H27FN2.CH4/c1-4-17(18-6-8-19(24)9-7-18)14-26-22-10-5-16(2)13-20(22)21-15-25(3)12-11-23(21)26;/h5-10,13,17H,4,11-12,14-15H2,1-3H3;1H4. The minimum absolute atomic E-state index is 0. The van der Waals surface area contributed by atoms with Crippen molar-refractivity contribution in [2.75, 3.05) is 13.6 Å². The average Bonchev–Trinajstić information content (AvgIpc) is 2.93. The van der Waals surface area contributed by atoms with Gasteiger partial charge >= 0.3 is 0 Å². The van der Waals surface area contributed by atoms with E-state index in [1.54, 1.807) is 12.1 Å². The zero-order valence-electron chi connectivity index (χ0n) is 15.9. The number of hydrogen-bond acceptors (Lipinski definition) is 1. The smallest absolute Gasteiger partial charge is 0.123 e. The first-order valence-corrected chi connectivity index (χ1v) is 9.61. The first kappa shape index (κ1) is 19.6. The Morgan fingerprint density at radius 3 is 2.56 bits per heavy atom. The molecule has 0 saturated heterocycles. The highest BCUT2D eigenvalue weighted by molar-refractivity contribution is 5.86. The molecule has 2 aromatic carbocycles. The Morgan fingerprint density at radius 1 is 1.11 bits per heavy atom. The van der Waals surface area contributed by atoms with Crippen molar-refractivity contribution in [3.05, 3.63) is 70.7 Å². The van der Waals surface area contributed by atoms with Crippen LogP contribution in [0.2, 0.25) is 0 Å². The minimum atomic E-state index is -0.161. The van der Waals surface area contributed by atoms with Gasteiger partial charge in [0.2, 0.25) is 0 Å². The summed E-state index contributed by atoms with van der Waals surface area (Å²) >= 11 is 0. The summed E-state index contributed by atoms with van der Waals surface area (Å²) < 4.78 is 15.9. The molecular formula is C24H31FN2. The Balaban J connectivity index is 0.00000210. The zero-order chi connectivity index (χ0) is 18.3. The number of rotatable bonds is 4. The van der Waals surface area contributed by atoms with Crippen molar-refractivity contribution in [3.63, 3.8) is 0 Å². The molecule has 3 heteroatoms. The van der Waals surface area contributed by atoms with Gasteiger partial charge in [-0.25, -0.2) is 4.39 Å². The molecule has 1 atom stereocenters. The molecule has 0 radical (unpaired) electrons. The fourth-order valence-corrected chi connectivity index (χ4v) is 4.33. The van der Waals surface area contributed by atoms with Crippen LogP contribution in [-0.2, 0) is 19.5 Å². The maximum Gasteiger partial charge on any atom is 0.123 e. The Bertz CT molecular complexity index is 924. The van der Waals surface area contributed by atoms with Gasteiger partial charge in [-0.15, -0.1) is 0 Å². The monoisotopic (exact) mass is 366 g/mol. The molecule has 1 aromatic heterocycles. The van der Waals surface area contributed by atoms with Crippen molar-refractivity contribution < 1.29 is 4.39 Å². The van der Waals surface area contributed by atoms with Gasteiger partial charge in [-0.3, -0.25) is 0 Å². The van der Waals surface area contributed by atoms with E-state index in [-0.39, 0.29) is 13.2 Å². The summed E-state index contributed by atoms with van der Waals surface area (Å²) in [4.78, 5) is 2.41. The lowest BCUT2D eigenvalue weighted by Gasteiger charge is -2.25. The van der Waals surface area contributed by atoms with Gasteiger partial charge in [-0.2, -0.15) is 0 Å². The quantitative estimate of drug-likeness (QED) is 0.557. The van der Waals surface area contributed by atoms with E-state index in [9.17, 15) is 4.39 Å². The van der Waals surface area contributed by atoms with E-state index in [4.69, 9.17) is 0 Å².